The van der Waals surface area contributed by atoms with Crippen molar-refractivity contribution in [1.82, 2.24) is 0 Å². The molecule has 0 aromatic heterocycles. The molecule has 236 valence electrons. The van der Waals surface area contributed by atoms with Crippen molar-refractivity contribution in [2.75, 3.05) is 59.8 Å². The summed E-state index contributed by atoms with van der Waals surface area (Å²) in [5.41, 5.74) is 1.11. The third-order valence-corrected chi connectivity index (χ3v) is 7.52. The minimum absolute atomic E-state index is 0.0479. The van der Waals surface area contributed by atoms with Crippen LogP contribution in [0.2, 0.25) is 5.02 Å². The van der Waals surface area contributed by atoms with E-state index in [0.29, 0.717) is 34.2 Å². The Bertz CT molecular complexity index is 1650. The highest BCUT2D eigenvalue weighted by Gasteiger charge is 2.22. The molecule has 0 fully saturated rings. The molecule has 0 saturated heterocycles. The van der Waals surface area contributed by atoms with Gasteiger partial charge in [-0.3, -0.25) is 9.52 Å². The number of methoxy groups -OCH3 is 7. The maximum absolute atomic E-state index is 13.0. The van der Waals surface area contributed by atoms with Gasteiger partial charge in [-0.15, -0.1) is 0 Å². The number of anilines is 2. The van der Waals surface area contributed by atoms with E-state index in [1.54, 1.807) is 18.2 Å². The molecule has 2 N–H and O–H groups in total. The fourth-order valence-electron chi connectivity index (χ4n) is 4.03. The molecule has 3 aromatic carbocycles. The van der Waals surface area contributed by atoms with Crippen LogP contribution in [0.5, 0.6) is 40.2 Å². The maximum Gasteiger partial charge on any atom is 0.255 e. The lowest BCUT2D eigenvalue weighted by Crippen LogP contribution is -2.09. The van der Waals surface area contributed by atoms with Crippen molar-refractivity contribution >= 4 is 44.9 Å². The van der Waals surface area contributed by atoms with Crippen LogP contribution in [0, 0.1) is 0 Å². The topological polar surface area (TPSA) is 140 Å². The third-order valence-electron chi connectivity index (χ3n) is 6.14. The number of benzene rings is 3. The van der Waals surface area contributed by atoms with E-state index >= 15 is 0 Å². The van der Waals surface area contributed by atoms with Crippen LogP contribution in [0.15, 0.2) is 54.1 Å². The summed E-state index contributed by atoms with van der Waals surface area (Å²) >= 11 is 6.41. The molecule has 3 aromatic rings. The van der Waals surface area contributed by atoms with Crippen LogP contribution in [-0.4, -0.2) is 64.0 Å². The van der Waals surface area contributed by atoms with Gasteiger partial charge in [0.15, 0.2) is 17.3 Å². The zero-order chi connectivity index (χ0) is 32.4. The first-order valence-electron chi connectivity index (χ1n) is 12.7. The van der Waals surface area contributed by atoms with Crippen molar-refractivity contribution in [3.63, 3.8) is 0 Å². The molecule has 0 bridgehead atoms. The fourth-order valence-corrected chi connectivity index (χ4v) is 5.18. The zero-order valence-electron chi connectivity index (χ0n) is 25.1. The van der Waals surface area contributed by atoms with Crippen molar-refractivity contribution in [3.8, 4) is 40.2 Å². The minimum atomic E-state index is -3.99. The lowest BCUT2D eigenvalue weighted by molar-refractivity contribution is 0.104. The molecule has 0 saturated carbocycles. The second kappa shape index (κ2) is 15.1. The minimum Gasteiger partial charge on any atom is -0.496 e. The van der Waals surface area contributed by atoms with Gasteiger partial charge in [0.25, 0.3) is 10.0 Å². The molecule has 0 aliphatic rings. The molecule has 3 rings (SSSR count). The highest BCUT2D eigenvalue weighted by molar-refractivity contribution is 7.95. The average Bonchev–Trinajstić information content (AvgIpc) is 3.02. The fraction of sp³-hybridized carbons (Fsp3) is 0.233. The number of rotatable bonds is 15. The number of carbonyl (C=O) groups is 1. The largest absolute Gasteiger partial charge is 0.496 e. The van der Waals surface area contributed by atoms with Gasteiger partial charge in [-0.1, -0.05) is 11.6 Å². The standard InChI is InChI=1S/C30H33ClN2O10S/c1-37-19-15-25(39-3)20(26(16-19)40-4)11-13-44(35,36)33-18-8-9-24(38-2)22(14-18)32-12-10-23(34)21-17-27(41-5)29(42-6)30(43-7)28(21)31/h8-17,32-33H,1-7H3. The van der Waals surface area contributed by atoms with E-state index in [0.717, 1.165) is 5.41 Å². The monoisotopic (exact) mass is 648 g/mol. The van der Waals surface area contributed by atoms with E-state index in [-0.39, 0.29) is 33.5 Å². The molecule has 0 atom stereocenters. The molecule has 0 heterocycles. The van der Waals surface area contributed by atoms with E-state index in [1.165, 1.54) is 86.3 Å². The normalized spacial score (nSPS) is 11.3. The van der Waals surface area contributed by atoms with Gasteiger partial charge in [-0.05, 0) is 30.3 Å². The van der Waals surface area contributed by atoms with Crippen molar-refractivity contribution in [1.29, 1.82) is 0 Å². The Balaban J connectivity index is 1.84. The van der Waals surface area contributed by atoms with Crippen LogP contribution < -0.4 is 43.2 Å². The summed E-state index contributed by atoms with van der Waals surface area (Å²) in [4.78, 5) is 13.0. The second-order valence-corrected chi connectivity index (χ2v) is 10.6. The number of halogens is 1. The zero-order valence-corrected chi connectivity index (χ0v) is 26.7. The molecule has 14 heteroatoms. The molecule has 0 aliphatic carbocycles. The Morgan fingerprint density at radius 3 is 1.91 bits per heavy atom. The van der Waals surface area contributed by atoms with Gasteiger partial charge in [-0.2, -0.15) is 0 Å². The van der Waals surface area contributed by atoms with Gasteiger partial charge in [-0.25, -0.2) is 8.42 Å². The molecule has 0 aliphatic heterocycles. The maximum atomic E-state index is 13.0. The quantitative estimate of drug-likeness (QED) is 0.157. The SMILES string of the molecule is COc1cc(OC)c(C=CS(=O)(=O)Nc2ccc(OC)c(NC=CC(=O)c3cc(OC)c(OC)c(OC)c3Cl)c2)c(OC)c1. The van der Waals surface area contributed by atoms with Crippen molar-refractivity contribution < 1.29 is 46.4 Å². The smallest absolute Gasteiger partial charge is 0.255 e. The molecule has 0 radical (unpaired) electrons. The molecular formula is C30H33ClN2O10S. The molecule has 44 heavy (non-hydrogen) atoms. The average molecular weight is 649 g/mol. The number of nitrogens with one attached hydrogen (secondary N) is 2. The number of carbonyl (C=O) groups excluding carboxylic acids is 1. The third kappa shape index (κ3) is 7.79. The first-order valence-corrected chi connectivity index (χ1v) is 14.6. The summed E-state index contributed by atoms with van der Waals surface area (Å²) in [7, 11) is 6.10. The van der Waals surface area contributed by atoms with Crippen molar-refractivity contribution in [3.05, 3.63) is 70.2 Å². The summed E-state index contributed by atoms with van der Waals surface area (Å²) in [6.45, 7) is 0. The van der Waals surface area contributed by atoms with Crippen molar-refractivity contribution in [2.45, 2.75) is 0 Å². The lowest BCUT2D eigenvalue weighted by atomic mass is 10.1. The van der Waals surface area contributed by atoms with Crippen LogP contribution in [-0.2, 0) is 10.0 Å². The number of ketones is 1. The van der Waals surface area contributed by atoms with Crippen LogP contribution in [0.4, 0.5) is 11.4 Å². The van der Waals surface area contributed by atoms with Gasteiger partial charge < -0.3 is 38.5 Å². The van der Waals surface area contributed by atoms with Crippen LogP contribution >= 0.6 is 11.6 Å². The van der Waals surface area contributed by atoms with Crippen LogP contribution in [0.25, 0.3) is 6.08 Å². The Kier molecular flexibility index (Phi) is 11.6. The number of sulfonamides is 1. The second-order valence-electron chi connectivity index (χ2n) is 8.66. The Labute approximate surface area is 261 Å². The Morgan fingerprint density at radius 2 is 1.36 bits per heavy atom. The first kappa shape index (κ1) is 33.7. The molecule has 0 amide bonds. The number of hydrogen-bond donors (Lipinski definition) is 2. The van der Waals surface area contributed by atoms with Crippen LogP contribution in [0.1, 0.15) is 15.9 Å². The first-order chi connectivity index (χ1) is 21.1. The summed E-state index contributed by atoms with van der Waals surface area (Å²) < 4.78 is 65.6. The number of allylic oxidation sites excluding steroid dienone is 1. The molecule has 0 unspecified atom stereocenters. The highest BCUT2D eigenvalue weighted by atomic mass is 35.5. The van der Waals surface area contributed by atoms with Gasteiger partial charge >= 0.3 is 0 Å². The van der Waals surface area contributed by atoms with E-state index in [1.807, 2.05) is 0 Å². The summed E-state index contributed by atoms with van der Waals surface area (Å²) in [6, 6.07) is 9.24. The van der Waals surface area contributed by atoms with E-state index in [9.17, 15) is 13.2 Å². The van der Waals surface area contributed by atoms with Gasteiger partial charge in [0, 0.05) is 30.0 Å². The predicted molar refractivity (Wildman–Crippen MR) is 169 cm³/mol. The van der Waals surface area contributed by atoms with Crippen molar-refractivity contribution in [2.24, 2.45) is 0 Å². The Hall–Kier alpha value is -4.75. The predicted octanol–water partition coefficient (Wildman–Crippen LogP) is 5.62. The molecular weight excluding hydrogens is 616 g/mol. The Morgan fingerprint density at radius 1 is 0.750 bits per heavy atom. The van der Waals surface area contributed by atoms with Gasteiger partial charge in [0.05, 0.1) is 77.1 Å². The van der Waals surface area contributed by atoms with E-state index < -0.39 is 15.8 Å². The van der Waals surface area contributed by atoms with E-state index in [4.69, 9.17) is 44.8 Å². The molecule has 0 spiro atoms. The van der Waals surface area contributed by atoms with Gasteiger partial charge in [0.1, 0.15) is 23.0 Å². The summed E-state index contributed by atoms with van der Waals surface area (Å²) in [5, 5.41) is 3.97. The van der Waals surface area contributed by atoms with E-state index in [2.05, 4.69) is 10.0 Å². The summed E-state index contributed by atoms with van der Waals surface area (Å²) in [5.74, 6) is 1.79. The van der Waals surface area contributed by atoms with Gasteiger partial charge in [0.2, 0.25) is 5.75 Å². The van der Waals surface area contributed by atoms with Crippen LogP contribution in [0.3, 0.4) is 0 Å². The number of ether oxygens (including phenoxy) is 7. The molecule has 12 nitrogen and oxygen atoms in total. The number of hydrogen-bond acceptors (Lipinski definition) is 11. The highest BCUT2D eigenvalue weighted by Crippen LogP contribution is 2.45. The summed E-state index contributed by atoms with van der Waals surface area (Å²) in [6.07, 6.45) is 3.95. The lowest BCUT2D eigenvalue weighted by Gasteiger charge is -2.15.